The molecule has 0 aliphatic carbocycles. The molecule has 6 nitrogen and oxygen atoms in total. The van der Waals surface area contributed by atoms with E-state index in [0.717, 1.165) is 4.90 Å². The Labute approximate surface area is 116 Å². The van der Waals surface area contributed by atoms with Gasteiger partial charge in [0.05, 0.1) is 0 Å². The van der Waals surface area contributed by atoms with E-state index in [-0.39, 0.29) is 16.7 Å². The van der Waals surface area contributed by atoms with E-state index in [1.54, 1.807) is 6.07 Å². The fourth-order valence-corrected chi connectivity index (χ4v) is 2.02. The van der Waals surface area contributed by atoms with Crippen LogP contribution in [0.3, 0.4) is 0 Å². The fraction of sp³-hybridized carbons (Fsp3) is 0.333. The van der Waals surface area contributed by atoms with Gasteiger partial charge >= 0.3 is 7.82 Å². The molecular formula is C12H16N2O4P-. The summed E-state index contributed by atoms with van der Waals surface area (Å²) in [5.41, 5.74) is 0.236. The van der Waals surface area contributed by atoms with Crippen molar-refractivity contribution in [2.45, 2.75) is 6.37 Å². The molecule has 0 radical (unpaired) electrons. The van der Waals surface area contributed by atoms with Crippen LogP contribution in [0.5, 0.6) is 5.75 Å². The Morgan fingerprint density at radius 3 is 2.95 bits per heavy atom. The third-order valence-corrected chi connectivity index (χ3v) is 2.72. The van der Waals surface area contributed by atoms with Crippen LogP contribution in [0.1, 0.15) is 11.0 Å². The summed E-state index contributed by atoms with van der Waals surface area (Å²) in [5, 5.41) is 0.0494. The lowest BCUT2D eigenvalue weighted by Crippen LogP contribution is -2.15. The maximum atomic E-state index is 11.0. The number of hydrogen-bond acceptors (Lipinski definition) is 4. The molecule has 2 rings (SSSR count). The second kappa shape index (κ2) is 5.35. The molecule has 0 saturated heterocycles. The van der Waals surface area contributed by atoms with Gasteiger partial charge in [-0.15, -0.1) is 0 Å². The van der Waals surface area contributed by atoms with E-state index >= 15 is 0 Å². The minimum absolute atomic E-state index is 0.0494. The largest absolute Gasteiger partial charge is 0.746 e. The molecule has 1 aromatic heterocycles. The van der Waals surface area contributed by atoms with Crippen LogP contribution in [0.25, 0.3) is 10.9 Å². The number of phosphoric acid groups is 1. The van der Waals surface area contributed by atoms with Crippen molar-refractivity contribution < 1.29 is 24.4 Å². The highest BCUT2D eigenvalue weighted by atomic mass is 31.2. The molecular weight excluding hydrogens is 267 g/mol. The van der Waals surface area contributed by atoms with Gasteiger partial charge in [-0.25, -0.2) is 0 Å². The quantitative estimate of drug-likeness (QED) is 0.804. The first-order chi connectivity index (χ1) is 10.4. The Balaban J connectivity index is 2.69. The molecule has 0 spiro atoms. The monoisotopic (exact) mass is 287 g/mol. The summed E-state index contributed by atoms with van der Waals surface area (Å²) in [7, 11) is -2.30. The Kier molecular flexibility index (Phi) is 2.69. The number of phosphoric ester groups is 1. The number of benzene rings is 1. The number of nitrogens with one attached hydrogen (secondary N) is 1. The van der Waals surface area contributed by atoms with Gasteiger partial charge < -0.3 is 24.2 Å². The van der Waals surface area contributed by atoms with E-state index in [1.165, 1.54) is 32.4 Å². The number of nitrogens with zero attached hydrogens (tertiary/aromatic N) is 1. The van der Waals surface area contributed by atoms with Gasteiger partial charge in [0.15, 0.2) is 0 Å². The molecule has 1 heterocycles. The van der Waals surface area contributed by atoms with Crippen LogP contribution < -0.4 is 9.42 Å². The highest BCUT2D eigenvalue weighted by Gasteiger charge is 2.13. The number of rotatable bonds is 5. The van der Waals surface area contributed by atoms with Crippen LogP contribution in [0.2, 0.25) is 0 Å². The van der Waals surface area contributed by atoms with Gasteiger partial charge in [-0.3, -0.25) is 4.57 Å². The van der Waals surface area contributed by atoms with Crippen LogP contribution in [-0.4, -0.2) is 35.4 Å². The van der Waals surface area contributed by atoms with Crippen LogP contribution in [-0.2, 0) is 10.9 Å². The summed E-state index contributed by atoms with van der Waals surface area (Å²) in [6, 6.07) is 4.27. The molecule has 0 saturated carbocycles. The second-order valence-corrected chi connectivity index (χ2v) is 5.19. The van der Waals surface area contributed by atoms with E-state index in [4.69, 9.17) is 10.4 Å². The highest BCUT2D eigenvalue weighted by molar-refractivity contribution is 7.45. The summed E-state index contributed by atoms with van der Waals surface area (Å²) in [4.78, 5) is 23.7. The first-order valence-corrected chi connectivity index (χ1v) is 6.89. The van der Waals surface area contributed by atoms with E-state index in [0.29, 0.717) is 5.52 Å². The Morgan fingerprint density at radius 2 is 2.32 bits per heavy atom. The minimum Gasteiger partial charge on any atom is -0.746 e. The van der Waals surface area contributed by atoms with E-state index in [9.17, 15) is 9.46 Å². The van der Waals surface area contributed by atoms with Crippen molar-refractivity contribution in [2.75, 3.05) is 20.6 Å². The summed E-state index contributed by atoms with van der Waals surface area (Å²) < 4.78 is 47.9. The average Bonchev–Trinajstić information content (AvgIpc) is 2.82. The highest BCUT2D eigenvalue weighted by Crippen LogP contribution is 2.38. The first-order valence-electron chi connectivity index (χ1n) is 7.39. The van der Waals surface area contributed by atoms with Gasteiger partial charge in [-0.05, 0) is 38.2 Å². The third-order valence-electron chi connectivity index (χ3n) is 2.30. The standard InChI is InChI=1S/C12H17N2O4P/c1-14(2)7-6-9-8-13-10-4-3-5-11(12(9)10)18-19(15,16)17/h3-5,8,13H,6-7H2,1-2H3,(H2,15,16,17)/p-1/i6D2,7D2. The zero-order valence-electron chi connectivity index (χ0n) is 14.4. The molecule has 104 valence electrons. The van der Waals surface area contributed by atoms with Crippen molar-refractivity contribution in [3.8, 4) is 5.75 Å². The fourth-order valence-electron chi connectivity index (χ4n) is 1.62. The molecule has 0 amide bonds. The van der Waals surface area contributed by atoms with Gasteiger partial charge in [0, 0.05) is 29.1 Å². The molecule has 1 unspecified atom stereocenters. The Hall–Kier alpha value is -1.33. The number of aryl methyl sites for hydroxylation is 1. The number of fused-ring (bicyclic) bond motifs is 1. The SMILES string of the molecule is [2H]C([2H])(c1c[nH]c2cccc(OP(=O)([O-])O)c12)C([2H])([2H])N(C)C. The maximum absolute atomic E-state index is 11.0. The van der Waals surface area contributed by atoms with E-state index in [2.05, 4.69) is 9.51 Å². The van der Waals surface area contributed by atoms with Crippen molar-refractivity contribution in [3.63, 3.8) is 0 Å². The van der Waals surface area contributed by atoms with Crippen LogP contribution in [0.15, 0.2) is 24.4 Å². The number of hydrogen-bond donors (Lipinski definition) is 2. The lowest BCUT2D eigenvalue weighted by molar-refractivity contribution is -0.211. The molecule has 0 bridgehead atoms. The zero-order chi connectivity index (χ0) is 17.6. The van der Waals surface area contributed by atoms with Crippen LogP contribution in [0.4, 0.5) is 0 Å². The third kappa shape index (κ3) is 3.58. The smallest absolute Gasteiger partial charge is 0.317 e. The van der Waals surface area contributed by atoms with Gasteiger partial charge in [0.25, 0.3) is 0 Å². The predicted molar refractivity (Wildman–Crippen MR) is 71.0 cm³/mol. The van der Waals surface area contributed by atoms with Crippen molar-refractivity contribution in [1.29, 1.82) is 0 Å². The van der Waals surface area contributed by atoms with Crippen molar-refractivity contribution in [1.82, 2.24) is 9.88 Å². The van der Waals surface area contributed by atoms with Crippen LogP contribution >= 0.6 is 7.82 Å². The maximum Gasteiger partial charge on any atom is 0.317 e. The molecule has 0 fully saturated rings. The molecule has 2 aromatic rings. The molecule has 1 atom stereocenters. The number of aromatic amines is 1. The lowest BCUT2D eigenvalue weighted by atomic mass is 10.1. The summed E-state index contributed by atoms with van der Waals surface area (Å²) >= 11 is 0. The molecule has 0 aliphatic heterocycles. The summed E-state index contributed by atoms with van der Waals surface area (Å²) in [5.74, 6) is -0.280. The van der Waals surface area contributed by atoms with Crippen LogP contribution in [0, 0.1) is 0 Å². The Morgan fingerprint density at radius 1 is 1.58 bits per heavy atom. The zero-order valence-corrected chi connectivity index (χ0v) is 11.3. The van der Waals surface area contributed by atoms with Gasteiger partial charge in [-0.1, -0.05) is 6.07 Å². The van der Waals surface area contributed by atoms with E-state index < -0.39 is 20.7 Å². The van der Waals surface area contributed by atoms with Gasteiger partial charge in [0.2, 0.25) is 0 Å². The van der Waals surface area contributed by atoms with E-state index in [1.807, 2.05) is 0 Å². The second-order valence-electron chi connectivity index (χ2n) is 4.07. The first kappa shape index (κ1) is 9.55. The number of H-pyrrole nitrogens is 1. The van der Waals surface area contributed by atoms with Gasteiger partial charge in [-0.2, -0.15) is 0 Å². The molecule has 7 heteroatoms. The molecule has 2 N–H and O–H groups in total. The summed E-state index contributed by atoms with van der Waals surface area (Å²) in [6.07, 6.45) is -1.23. The molecule has 0 aliphatic rings. The predicted octanol–water partition coefficient (Wildman–Crippen LogP) is 1.11. The van der Waals surface area contributed by atoms with Crippen molar-refractivity contribution >= 4 is 18.7 Å². The number of aromatic nitrogens is 1. The normalized spacial score (nSPS) is 19.4. The van der Waals surface area contributed by atoms with Crippen molar-refractivity contribution in [3.05, 3.63) is 30.0 Å². The molecule has 1 aromatic carbocycles. The minimum atomic E-state index is -5.09. The molecule has 19 heavy (non-hydrogen) atoms. The number of likely N-dealkylation sites (N-methyl/N-ethyl adjacent to an activating group) is 1. The average molecular weight is 287 g/mol. The topological polar surface area (TPSA) is 88.6 Å². The lowest BCUT2D eigenvalue weighted by Gasteiger charge is -2.18. The Bertz CT molecular complexity index is 772. The van der Waals surface area contributed by atoms with Crippen molar-refractivity contribution in [2.24, 2.45) is 0 Å². The van der Waals surface area contributed by atoms with Gasteiger partial charge in [0.1, 0.15) is 5.75 Å². The summed E-state index contributed by atoms with van der Waals surface area (Å²) in [6.45, 7) is -2.38.